The molecule has 0 aliphatic carbocycles. The summed E-state index contributed by atoms with van der Waals surface area (Å²) in [6, 6.07) is 29.1. The van der Waals surface area contributed by atoms with Gasteiger partial charge in [-0.15, -0.1) is 0 Å². The van der Waals surface area contributed by atoms with Gasteiger partial charge in [0.2, 0.25) is 0 Å². The standard InChI is InChI=1S/C32H20N6/c1-2-23(25-4-6-29-27(17-25)31(37-19-35-29)21-8-12-33-13-9-21)16-24(3-1)26-5-7-30-28(18-26)32(38-20-36-30)22-10-14-34-15-11-22/h1-20H. The summed E-state index contributed by atoms with van der Waals surface area (Å²) in [7, 11) is 0. The zero-order valence-electron chi connectivity index (χ0n) is 20.2. The van der Waals surface area contributed by atoms with Gasteiger partial charge in [-0.3, -0.25) is 9.97 Å². The van der Waals surface area contributed by atoms with E-state index in [0.29, 0.717) is 0 Å². The van der Waals surface area contributed by atoms with Crippen LogP contribution in [-0.4, -0.2) is 29.9 Å². The van der Waals surface area contributed by atoms with E-state index < -0.39 is 0 Å². The van der Waals surface area contributed by atoms with Crippen molar-refractivity contribution in [2.75, 3.05) is 0 Å². The van der Waals surface area contributed by atoms with Crippen LogP contribution in [-0.2, 0) is 0 Å². The Morgan fingerprint density at radius 3 is 1.29 bits per heavy atom. The molecule has 0 amide bonds. The molecule has 0 saturated heterocycles. The van der Waals surface area contributed by atoms with Crippen LogP contribution in [0, 0.1) is 0 Å². The highest BCUT2D eigenvalue weighted by atomic mass is 14.8. The zero-order valence-corrected chi connectivity index (χ0v) is 20.2. The van der Waals surface area contributed by atoms with Gasteiger partial charge in [0.15, 0.2) is 0 Å². The van der Waals surface area contributed by atoms with E-state index in [1.165, 1.54) is 0 Å². The summed E-state index contributed by atoms with van der Waals surface area (Å²) in [4.78, 5) is 26.4. The van der Waals surface area contributed by atoms with Crippen molar-refractivity contribution in [2.24, 2.45) is 0 Å². The fourth-order valence-corrected chi connectivity index (χ4v) is 4.83. The van der Waals surface area contributed by atoms with E-state index in [-0.39, 0.29) is 0 Å². The molecule has 0 atom stereocenters. The number of rotatable bonds is 4. The molecule has 7 rings (SSSR count). The molecular weight excluding hydrogens is 468 g/mol. The van der Waals surface area contributed by atoms with Crippen LogP contribution >= 0.6 is 0 Å². The molecule has 0 aliphatic rings. The van der Waals surface area contributed by atoms with Crippen molar-refractivity contribution < 1.29 is 0 Å². The molecule has 0 aliphatic heterocycles. The number of aromatic nitrogens is 6. The molecule has 0 radical (unpaired) electrons. The summed E-state index contributed by atoms with van der Waals surface area (Å²) in [6.07, 6.45) is 10.4. The second kappa shape index (κ2) is 9.26. The molecule has 178 valence electrons. The van der Waals surface area contributed by atoms with E-state index in [1.807, 2.05) is 24.3 Å². The topological polar surface area (TPSA) is 77.3 Å². The summed E-state index contributed by atoms with van der Waals surface area (Å²) in [5.74, 6) is 0. The maximum absolute atomic E-state index is 4.58. The highest BCUT2D eigenvalue weighted by Crippen LogP contribution is 2.33. The Labute approximate surface area is 218 Å². The van der Waals surface area contributed by atoms with Crippen molar-refractivity contribution in [3.05, 3.63) is 122 Å². The van der Waals surface area contributed by atoms with E-state index in [1.54, 1.807) is 37.4 Å². The average molecular weight is 489 g/mol. The third-order valence-electron chi connectivity index (χ3n) is 6.71. The fraction of sp³-hybridized carbons (Fsp3) is 0. The number of benzene rings is 3. The summed E-state index contributed by atoms with van der Waals surface area (Å²) in [5.41, 5.74) is 10.1. The largest absolute Gasteiger partial charge is 0.265 e. The first-order valence-corrected chi connectivity index (χ1v) is 12.2. The van der Waals surface area contributed by atoms with Crippen LogP contribution < -0.4 is 0 Å². The van der Waals surface area contributed by atoms with E-state index in [9.17, 15) is 0 Å². The number of nitrogens with zero attached hydrogens (tertiary/aromatic N) is 6. The smallest absolute Gasteiger partial charge is 0.116 e. The van der Waals surface area contributed by atoms with Crippen LogP contribution in [0.25, 0.3) is 66.6 Å². The molecule has 0 bridgehead atoms. The SMILES string of the molecule is c1cc(-c2ccc3ncnc(-c4ccncc4)c3c2)cc(-c2ccc3ncnc(-c4ccncc4)c3c2)c1. The Hall–Kier alpha value is -5.36. The van der Waals surface area contributed by atoms with Gasteiger partial charge in [0.05, 0.1) is 22.4 Å². The Kier molecular flexibility index (Phi) is 5.33. The molecule has 3 aromatic carbocycles. The Balaban J connectivity index is 1.33. The van der Waals surface area contributed by atoms with E-state index >= 15 is 0 Å². The Bertz CT molecular complexity index is 1780. The maximum atomic E-state index is 4.58. The first kappa shape index (κ1) is 21.9. The van der Waals surface area contributed by atoms with Crippen molar-refractivity contribution in [2.45, 2.75) is 0 Å². The lowest BCUT2D eigenvalue weighted by atomic mass is 9.96. The summed E-state index contributed by atoms with van der Waals surface area (Å²) >= 11 is 0. The van der Waals surface area contributed by atoms with Crippen molar-refractivity contribution in [3.8, 4) is 44.8 Å². The highest BCUT2D eigenvalue weighted by Gasteiger charge is 2.11. The van der Waals surface area contributed by atoms with Crippen molar-refractivity contribution in [1.29, 1.82) is 0 Å². The zero-order chi connectivity index (χ0) is 25.3. The normalized spacial score (nSPS) is 11.2. The minimum absolute atomic E-state index is 0.897. The van der Waals surface area contributed by atoms with Crippen LogP contribution in [0.3, 0.4) is 0 Å². The molecule has 0 saturated carbocycles. The minimum atomic E-state index is 0.897. The van der Waals surface area contributed by atoms with Crippen molar-refractivity contribution in [1.82, 2.24) is 29.9 Å². The number of pyridine rings is 2. The first-order valence-electron chi connectivity index (χ1n) is 12.2. The summed E-state index contributed by atoms with van der Waals surface area (Å²) in [6.45, 7) is 0. The van der Waals surface area contributed by atoms with Gasteiger partial charge < -0.3 is 0 Å². The van der Waals surface area contributed by atoms with Gasteiger partial charge in [0.1, 0.15) is 12.7 Å². The predicted molar refractivity (Wildman–Crippen MR) is 150 cm³/mol. The highest BCUT2D eigenvalue weighted by molar-refractivity contribution is 5.96. The van der Waals surface area contributed by atoms with Crippen LogP contribution in [0.5, 0.6) is 0 Å². The molecule has 0 spiro atoms. The second-order valence-electron chi connectivity index (χ2n) is 8.96. The lowest BCUT2D eigenvalue weighted by Crippen LogP contribution is -1.91. The molecule has 38 heavy (non-hydrogen) atoms. The molecule has 0 fully saturated rings. The Morgan fingerprint density at radius 1 is 0.368 bits per heavy atom. The number of fused-ring (bicyclic) bond motifs is 2. The monoisotopic (exact) mass is 488 g/mol. The molecule has 6 nitrogen and oxygen atoms in total. The van der Waals surface area contributed by atoms with Gasteiger partial charge in [0.25, 0.3) is 0 Å². The van der Waals surface area contributed by atoms with E-state index in [0.717, 1.165) is 66.6 Å². The minimum Gasteiger partial charge on any atom is -0.265 e. The lowest BCUT2D eigenvalue weighted by Gasteiger charge is -2.11. The lowest BCUT2D eigenvalue weighted by molar-refractivity contribution is 1.22. The van der Waals surface area contributed by atoms with Gasteiger partial charge >= 0.3 is 0 Å². The molecule has 4 heterocycles. The molecular formula is C32H20N6. The van der Waals surface area contributed by atoms with Gasteiger partial charge in [-0.25, -0.2) is 19.9 Å². The second-order valence-corrected chi connectivity index (χ2v) is 8.96. The quantitative estimate of drug-likeness (QED) is 0.265. The third kappa shape index (κ3) is 3.94. The van der Waals surface area contributed by atoms with Gasteiger partial charge in [-0.05, 0) is 76.9 Å². The molecule has 4 aromatic heterocycles. The van der Waals surface area contributed by atoms with Crippen LogP contribution in [0.4, 0.5) is 0 Å². The predicted octanol–water partition coefficient (Wildman–Crippen LogP) is 7.03. The van der Waals surface area contributed by atoms with Gasteiger partial charge in [-0.1, -0.05) is 30.3 Å². The molecule has 0 N–H and O–H groups in total. The van der Waals surface area contributed by atoms with Gasteiger partial charge in [-0.2, -0.15) is 0 Å². The van der Waals surface area contributed by atoms with E-state index in [2.05, 4.69) is 90.6 Å². The molecule has 6 heteroatoms. The van der Waals surface area contributed by atoms with Crippen LogP contribution in [0.15, 0.2) is 122 Å². The third-order valence-corrected chi connectivity index (χ3v) is 6.71. The van der Waals surface area contributed by atoms with E-state index in [4.69, 9.17) is 0 Å². The fourth-order valence-electron chi connectivity index (χ4n) is 4.83. The summed E-state index contributed by atoms with van der Waals surface area (Å²) < 4.78 is 0. The Morgan fingerprint density at radius 2 is 0.816 bits per heavy atom. The van der Waals surface area contributed by atoms with Gasteiger partial charge in [0, 0.05) is 46.7 Å². The van der Waals surface area contributed by atoms with Crippen molar-refractivity contribution in [3.63, 3.8) is 0 Å². The number of hydrogen-bond acceptors (Lipinski definition) is 6. The van der Waals surface area contributed by atoms with Crippen LogP contribution in [0.1, 0.15) is 0 Å². The van der Waals surface area contributed by atoms with Crippen molar-refractivity contribution >= 4 is 21.8 Å². The maximum Gasteiger partial charge on any atom is 0.116 e. The first-order chi connectivity index (χ1) is 18.8. The molecule has 7 aromatic rings. The van der Waals surface area contributed by atoms with Crippen LogP contribution in [0.2, 0.25) is 0 Å². The molecule has 0 unspecified atom stereocenters. The average Bonchev–Trinajstić information content (AvgIpc) is 3.01. The number of hydrogen-bond donors (Lipinski definition) is 0. The summed E-state index contributed by atoms with van der Waals surface area (Å²) in [5, 5.41) is 2.01.